The Bertz CT molecular complexity index is 769. The molecule has 1 aliphatic heterocycles. The lowest BCUT2D eigenvalue weighted by Gasteiger charge is -2.17. The van der Waals surface area contributed by atoms with Gasteiger partial charge in [0.25, 0.3) is 0 Å². The maximum absolute atomic E-state index is 12.3. The number of nitrogens with zero attached hydrogens (tertiary/aromatic N) is 2. The van der Waals surface area contributed by atoms with Gasteiger partial charge in [0.05, 0.1) is 6.61 Å². The number of allylic oxidation sites excluding steroid dienone is 2. The predicted molar refractivity (Wildman–Crippen MR) is 139 cm³/mol. The minimum Gasteiger partial charge on any atom is -0.394 e. The van der Waals surface area contributed by atoms with Crippen LogP contribution in [0, 0.1) is 0 Å². The molecule has 8 nitrogen and oxygen atoms in total. The Balaban J connectivity index is 1.49. The van der Waals surface area contributed by atoms with Crippen molar-refractivity contribution >= 4 is 5.82 Å². The van der Waals surface area contributed by atoms with Crippen molar-refractivity contribution in [3.8, 4) is 0 Å². The van der Waals surface area contributed by atoms with Gasteiger partial charge in [0.2, 0.25) is 0 Å². The minimum atomic E-state index is -1.30. The third kappa shape index (κ3) is 10.8. The average molecular weight is 494 g/mol. The molecule has 1 aromatic heterocycles. The lowest BCUT2D eigenvalue weighted by molar-refractivity contribution is -0.0549. The molecule has 2 rings (SSSR count). The van der Waals surface area contributed by atoms with Gasteiger partial charge in [-0.3, -0.25) is 4.57 Å². The Kier molecular flexibility index (Phi) is 14.9. The fourth-order valence-electron chi connectivity index (χ4n) is 4.40. The molecular formula is C27H47N3O5. The normalized spacial score (nSPS) is 22.3. The smallest absolute Gasteiger partial charge is 0.351 e. The summed E-state index contributed by atoms with van der Waals surface area (Å²) < 4.78 is 6.53. The first-order valence-electron chi connectivity index (χ1n) is 13.7. The average Bonchev–Trinajstić information content (AvgIpc) is 3.14. The molecule has 8 heteroatoms. The van der Waals surface area contributed by atoms with Crippen molar-refractivity contribution in [2.45, 2.75) is 121 Å². The van der Waals surface area contributed by atoms with Crippen molar-refractivity contribution in [1.29, 1.82) is 0 Å². The molecule has 1 aliphatic rings. The Morgan fingerprint density at radius 2 is 1.54 bits per heavy atom. The first-order valence-corrected chi connectivity index (χ1v) is 13.7. The molecule has 4 atom stereocenters. The van der Waals surface area contributed by atoms with Crippen LogP contribution in [0.1, 0.15) is 103 Å². The highest BCUT2D eigenvalue weighted by atomic mass is 16.6. The minimum absolute atomic E-state index is 0.438. The van der Waals surface area contributed by atoms with E-state index in [1.54, 1.807) is 6.07 Å². The number of nitrogens with one attached hydrogen (secondary N) is 1. The van der Waals surface area contributed by atoms with E-state index < -0.39 is 36.8 Å². The molecule has 4 unspecified atom stereocenters. The van der Waals surface area contributed by atoms with E-state index >= 15 is 0 Å². The number of aliphatic hydroxyl groups excluding tert-OH is 3. The monoisotopic (exact) mass is 493 g/mol. The summed E-state index contributed by atoms with van der Waals surface area (Å²) in [5.74, 6) is 0.478. The second kappa shape index (κ2) is 17.7. The van der Waals surface area contributed by atoms with Crippen molar-refractivity contribution in [3.05, 3.63) is 34.9 Å². The molecule has 1 saturated heterocycles. The summed E-state index contributed by atoms with van der Waals surface area (Å²) in [5, 5.41) is 32.3. The van der Waals surface area contributed by atoms with Gasteiger partial charge in [-0.15, -0.1) is 0 Å². The van der Waals surface area contributed by atoms with Gasteiger partial charge in [0.1, 0.15) is 24.1 Å². The lowest BCUT2D eigenvalue weighted by atomic mass is 10.1. The zero-order valence-corrected chi connectivity index (χ0v) is 21.5. The van der Waals surface area contributed by atoms with Gasteiger partial charge in [0.15, 0.2) is 6.23 Å². The third-order valence-corrected chi connectivity index (χ3v) is 6.62. The van der Waals surface area contributed by atoms with E-state index in [0.717, 1.165) is 24.0 Å². The Morgan fingerprint density at radius 3 is 2.11 bits per heavy atom. The Morgan fingerprint density at radius 1 is 0.943 bits per heavy atom. The van der Waals surface area contributed by atoms with E-state index in [1.165, 1.54) is 83.2 Å². The summed E-state index contributed by atoms with van der Waals surface area (Å²) in [7, 11) is 0. The van der Waals surface area contributed by atoms with Crippen LogP contribution < -0.4 is 11.0 Å². The van der Waals surface area contributed by atoms with Crippen molar-refractivity contribution in [2.75, 3.05) is 18.5 Å². The summed E-state index contributed by atoms with van der Waals surface area (Å²) in [6.45, 7) is 2.56. The summed E-state index contributed by atoms with van der Waals surface area (Å²) in [4.78, 5) is 16.3. The first-order chi connectivity index (χ1) is 17.1. The van der Waals surface area contributed by atoms with Crippen molar-refractivity contribution in [2.24, 2.45) is 0 Å². The maximum atomic E-state index is 12.3. The number of aliphatic hydroxyl groups is 3. The quantitative estimate of drug-likeness (QED) is 0.168. The summed E-state index contributed by atoms with van der Waals surface area (Å²) >= 11 is 0. The predicted octanol–water partition coefficient (Wildman–Crippen LogP) is 4.30. The van der Waals surface area contributed by atoms with Crippen LogP contribution in [0.15, 0.2) is 29.2 Å². The van der Waals surface area contributed by atoms with Crippen LogP contribution in [0.2, 0.25) is 0 Å². The van der Waals surface area contributed by atoms with Crippen molar-refractivity contribution in [3.63, 3.8) is 0 Å². The van der Waals surface area contributed by atoms with Gasteiger partial charge < -0.3 is 25.4 Å². The highest BCUT2D eigenvalue weighted by molar-refractivity contribution is 5.31. The highest BCUT2D eigenvalue weighted by Gasteiger charge is 2.43. The number of aromatic nitrogens is 2. The first kappa shape index (κ1) is 29.5. The molecule has 35 heavy (non-hydrogen) atoms. The van der Waals surface area contributed by atoms with Crippen molar-refractivity contribution in [1.82, 2.24) is 9.55 Å². The highest BCUT2D eigenvalue weighted by Crippen LogP contribution is 2.28. The zero-order chi connectivity index (χ0) is 25.3. The van der Waals surface area contributed by atoms with E-state index in [-0.39, 0.29) is 0 Å². The van der Waals surface area contributed by atoms with Crippen LogP contribution in [0.5, 0.6) is 0 Å². The van der Waals surface area contributed by atoms with Gasteiger partial charge in [-0.1, -0.05) is 76.9 Å². The van der Waals surface area contributed by atoms with Crippen LogP contribution >= 0.6 is 0 Å². The number of unbranched alkanes of at least 4 members (excludes halogenated alkanes) is 12. The molecule has 1 fully saturated rings. The number of hydrogen-bond acceptors (Lipinski definition) is 7. The van der Waals surface area contributed by atoms with E-state index in [2.05, 4.69) is 29.4 Å². The Labute approximate surface area is 210 Å². The van der Waals surface area contributed by atoms with Gasteiger partial charge in [0, 0.05) is 12.7 Å². The molecule has 0 saturated carbocycles. The molecule has 2 heterocycles. The van der Waals surface area contributed by atoms with E-state index in [4.69, 9.17) is 4.74 Å². The van der Waals surface area contributed by atoms with Crippen molar-refractivity contribution < 1.29 is 20.1 Å². The Hall–Kier alpha value is -1.74. The molecule has 200 valence electrons. The van der Waals surface area contributed by atoms with Crippen LogP contribution in [-0.4, -0.2) is 56.3 Å². The van der Waals surface area contributed by atoms with E-state index in [0.29, 0.717) is 5.82 Å². The molecule has 0 radical (unpaired) electrons. The molecular weight excluding hydrogens is 446 g/mol. The van der Waals surface area contributed by atoms with Gasteiger partial charge >= 0.3 is 5.69 Å². The SMILES string of the molecule is CCCCCCCC/C=C/CCCCCCCCNc1ccn(C2OC(CO)C(O)C2O)c(=O)n1. The summed E-state index contributed by atoms with van der Waals surface area (Å²) in [6, 6.07) is 1.65. The molecule has 4 N–H and O–H groups in total. The number of rotatable bonds is 19. The fourth-order valence-corrected chi connectivity index (χ4v) is 4.40. The number of anilines is 1. The lowest BCUT2D eigenvalue weighted by Crippen LogP contribution is -2.36. The van der Waals surface area contributed by atoms with Gasteiger partial charge in [-0.05, 0) is 38.2 Å². The fraction of sp³-hybridized carbons (Fsp3) is 0.778. The summed E-state index contributed by atoms with van der Waals surface area (Å²) in [5.41, 5.74) is -0.578. The molecule has 0 spiro atoms. The van der Waals surface area contributed by atoms with Crippen LogP contribution in [0.4, 0.5) is 5.82 Å². The van der Waals surface area contributed by atoms with E-state index in [1.807, 2.05) is 0 Å². The second-order valence-electron chi connectivity index (χ2n) is 9.60. The molecule has 0 aliphatic carbocycles. The van der Waals surface area contributed by atoms with Crippen LogP contribution in [-0.2, 0) is 4.74 Å². The van der Waals surface area contributed by atoms with Crippen LogP contribution in [0.3, 0.4) is 0 Å². The van der Waals surface area contributed by atoms with Crippen LogP contribution in [0.25, 0.3) is 0 Å². The maximum Gasteiger partial charge on any atom is 0.351 e. The zero-order valence-electron chi connectivity index (χ0n) is 21.5. The molecule has 0 aromatic carbocycles. The van der Waals surface area contributed by atoms with E-state index in [9.17, 15) is 20.1 Å². The topological polar surface area (TPSA) is 117 Å². The number of ether oxygens (including phenoxy) is 1. The second-order valence-corrected chi connectivity index (χ2v) is 9.60. The largest absolute Gasteiger partial charge is 0.394 e. The van der Waals surface area contributed by atoms with Gasteiger partial charge in [-0.2, -0.15) is 4.98 Å². The molecule has 0 amide bonds. The number of hydrogen-bond donors (Lipinski definition) is 4. The third-order valence-electron chi connectivity index (χ3n) is 6.62. The summed E-state index contributed by atoms with van der Waals surface area (Å²) in [6.07, 6.45) is 19.4. The molecule has 0 bridgehead atoms. The standard InChI is InChI=1S/C27H47N3O5/c1-2-3-4-5-6-7-8-9-10-11-12-13-14-15-16-17-19-28-23-18-20-30(27(34)29-23)26-25(33)24(32)22(21-31)35-26/h9-10,18,20,22,24-26,31-33H,2-8,11-17,19,21H2,1H3,(H,28,29,34)/b10-9+. The molecule has 1 aromatic rings. The van der Waals surface area contributed by atoms with Gasteiger partial charge in [-0.25, -0.2) is 4.79 Å².